The lowest BCUT2D eigenvalue weighted by Crippen LogP contribution is -2.46. The third-order valence-electron chi connectivity index (χ3n) is 5.91. The number of amides is 4. The Morgan fingerprint density at radius 1 is 0.968 bits per heavy atom. The van der Waals surface area contributed by atoms with Crippen LogP contribution < -0.4 is 10.6 Å². The molecule has 2 aromatic carbocycles. The summed E-state index contributed by atoms with van der Waals surface area (Å²) in [4.78, 5) is 39.9. The summed E-state index contributed by atoms with van der Waals surface area (Å²) >= 11 is 0. The Hall–Kier alpha value is -3.15. The Labute approximate surface area is 184 Å². The number of aryl methyl sites for hydroxylation is 2. The molecule has 0 unspecified atom stereocenters. The summed E-state index contributed by atoms with van der Waals surface area (Å²) in [7, 11) is 0. The van der Waals surface area contributed by atoms with Crippen molar-refractivity contribution in [3.8, 4) is 0 Å². The van der Waals surface area contributed by atoms with Gasteiger partial charge in [0.05, 0.1) is 0 Å². The number of rotatable bonds is 9. The van der Waals surface area contributed by atoms with Crippen LogP contribution in [0, 0.1) is 13.8 Å². The average Bonchev–Trinajstić information content (AvgIpc) is 3.01. The number of hydrogen-bond donors (Lipinski definition) is 2. The molecule has 0 aliphatic carbocycles. The van der Waals surface area contributed by atoms with Gasteiger partial charge in [0.15, 0.2) is 5.54 Å². The maximum atomic E-state index is 13.6. The maximum Gasteiger partial charge on any atom is 0.326 e. The van der Waals surface area contributed by atoms with E-state index in [0.717, 1.165) is 41.7 Å². The normalized spacial score (nSPS) is 18.2. The lowest BCUT2D eigenvalue weighted by molar-refractivity contribution is -0.134. The van der Waals surface area contributed by atoms with Crippen molar-refractivity contribution in [3.05, 3.63) is 70.8 Å². The monoisotopic (exact) mass is 421 g/mol. The Morgan fingerprint density at radius 3 is 2.39 bits per heavy atom. The lowest BCUT2D eigenvalue weighted by atomic mass is 9.81. The first kappa shape index (κ1) is 22.5. The fraction of sp³-hybridized carbons (Fsp3) is 0.400. The summed E-state index contributed by atoms with van der Waals surface area (Å²) < 4.78 is 0. The van der Waals surface area contributed by atoms with Crippen LogP contribution >= 0.6 is 0 Å². The number of benzene rings is 2. The predicted octanol–water partition coefficient (Wildman–Crippen LogP) is 3.80. The summed E-state index contributed by atoms with van der Waals surface area (Å²) in [5.74, 6) is -0.767. The second-order valence-corrected chi connectivity index (χ2v) is 8.15. The van der Waals surface area contributed by atoms with Gasteiger partial charge >= 0.3 is 6.03 Å². The van der Waals surface area contributed by atoms with Crippen molar-refractivity contribution in [3.63, 3.8) is 0 Å². The zero-order chi connectivity index (χ0) is 22.4. The van der Waals surface area contributed by atoms with Crippen molar-refractivity contribution in [2.45, 2.75) is 52.0 Å². The minimum Gasteiger partial charge on any atom is -0.355 e. The molecule has 0 radical (unpaired) electrons. The topological polar surface area (TPSA) is 78.5 Å². The number of unbranched alkanes of at least 4 members (excludes halogenated alkanes) is 3. The Bertz CT molecular complexity index is 958. The average molecular weight is 422 g/mol. The molecular formula is C25H31N3O3. The minimum absolute atomic E-state index is 0.294. The fourth-order valence-electron chi connectivity index (χ4n) is 3.92. The van der Waals surface area contributed by atoms with Gasteiger partial charge in [0, 0.05) is 6.54 Å². The largest absolute Gasteiger partial charge is 0.355 e. The number of carbonyl (C=O) groups excluding carboxylic acids is 3. The molecule has 31 heavy (non-hydrogen) atoms. The number of nitrogens with zero attached hydrogens (tertiary/aromatic N) is 1. The highest BCUT2D eigenvalue weighted by molar-refractivity contribution is 6.11. The highest BCUT2D eigenvalue weighted by Crippen LogP contribution is 2.36. The molecule has 1 heterocycles. The molecule has 1 fully saturated rings. The SMILES string of the molecule is CCCCCCNC(=O)CN1C(=O)N[C@@](c2ccccc2)(c2ccc(C)c(C)c2)C1=O. The smallest absolute Gasteiger partial charge is 0.326 e. The molecule has 3 rings (SSSR count). The molecule has 1 saturated heterocycles. The van der Waals surface area contributed by atoms with Gasteiger partial charge in [-0.1, -0.05) is 74.7 Å². The van der Waals surface area contributed by atoms with Crippen LogP contribution in [0.3, 0.4) is 0 Å². The standard InChI is InChI=1S/C25H31N3O3/c1-4-5-6-10-15-26-22(29)17-28-23(30)25(27-24(28)31,20-11-8-7-9-12-20)21-14-13-18(2)19(3)16-21/h7-9,11-14,16H,4-6,10,15,17H2,1-3H3,(H,26,29)(H,27,31)/t25-/m0/s1. The number of imide groups is 1. The molecule has 6 heteroatoms. The van der Waals surface area contributed by atoms with E-state index in [1.807, 2.05) is 62.4 Å². The van der Waals surface area contributed by atoms with Gasteiger partial charge < -0.3 is 10.6 Å². The van der Waals surface area contributed by atoms with E-state index in [1.54, 1.807) is 0 Å². The third-order valence-corrected chi connectivity index (χ3v) is 5.91. The fourth-order valence-corrected chi connectivity index (χ4v) is 3.92. The van der Waals surface area contributed by atoms with Gasteiger partial charge in [-0.15, -0.1) is 0 Å². The molecule has 6 nitrogen and oxygen atoms in total. The molecule has 4 amide bonds. The summed E-state index contributed by atoms with van der Waals surface area (Å²) in [6.45, 7) is 6.36. The van der Waals surface area contributed by atoms with E-state index in [-0.39, 0.29) is 12.5 Å². The van der Waals surface area contributed by atoms with Crippen molar-refractivity contribution in [2.24, 2.45) is 0 Å². The molecular weight excluding hydrogens is 390 g/mol. The molecule has 1 atom stereocenters. The lowest BCUT2D eigenvalue weighted by Gasteiger charge is -2.28. The van der Waals surface area contributed by atoms with Crippen molar-refractivity contribution in [2.75, 3.05) is 13.1 Å². The van der Waals surface area contributed by atoms with Crippen molar-refractivity contribution in [1.82, 2.24) is 15.5 Å². The molecule has 2 N–H and O–H groups in total. The van der Waals surface area contributed by atoms with Gasteiger partial charge in [-0.3, -0.25) is 14.5 Å². The second-order valence-electron chi connectivity index (χ2n) is 8.15. The molecule has 1 aliphatic heterocycles. The van der Waals surface area contributed by atoms with Crippen LogP contribution in [0.15, 0.2) is 48.5 Å². The third kappa shape index (κ3) is 4.63. The van der Waals surface area contributed by atoms with E-state index in [1.165, 1.54) is 0 Å². The second kappa shape index (κ2) is 9.77. The van der Waals surface area contributed by atoms with Crippen LogP contribution in [0.2, 0.25) is 0 Å². The Kier molecular flexibility index (Phi) is 7.10. The number of urea groups is 1. The predicted molar refractivity (Wildman–Crippen MR) is 121 cm³/mol. The van der Waals surface area contributed by atoms with Gasteiger partial charge in [0.2, 0.25) is 5.91 Å². The summed E-state index contributed by atoms with van der Waals surface area (Å²) in [6, 6.07) is 14.4. The van der Waals surface area contributed by atoms with E-state index in [9.17, 15) is 14.4 Å². The highest BCUT2D eigenvalue weighted by atomic mass is 16.2. The van der Waals surface area contributed by atoms with E-state index < -0.39 is 17.5 Å². The Balaban J connectivity index is 1.86. The summed E-state index contributed by atoms with van der Waals surface area (Å²) in [5.41, 5.74) is 2.13. The highest BCUT2D eigenvalue weighted by Gasteiger charge is 2.54. The quantitative estimate of drug-likeness (QED) is 0.478. The molecule has 0 saturated carbocycles. The van der Waals surface area contributed by atoms with Crippen LogP contribution in [-0.2, 0) is 15.1 Å². The van der Waals surface area contributed by atoms with E-state index in [4.69, 9.17) is 0 Å². The summed E-state index contributed by atoms with van der Waals surface area (Å²) in [5, 5.41) is 5.71. The zero-order valence-electron chi connectivity index (χ0n) is 18.5. The Morgan fingerprint density at radius 2 is 1.71 bits per heavy atom. The molecule has 0 bridgehead atoms. The van der Waals surface area contributed by atoms with Gasteiger partial charge in [-0.25, -0.2) is 4.79 Å². The maximum absolute atomic E-state index is 13.6. The molecule has 2 aromatic rings. The molecule has 164 valence electrons. The first-order valence-corrected chi connectivity index (χ1v) is 10.9. The van der Waals surface area contributed by atoms with E-state index in [2.05, 4.69) is 17.6 Å². The number of hydrogen-bond acceptors (Lipinski definition) is 3. The van der Waals surface area contributed by atoms with Crippen molar-refractivity contribution >= 4 is 17.8 Å². The number of carbonyl (C=O) groups is 3. The van der Waals surface area contributed by atoms with Gasteiger partial charge in [0.25, 0.3) is 5.91 Å². The minimum atomic E-state index is -1.35. The van der Waals surface area contributed by atoms with Crippen LogP contribution in [0.25, 0.3) is 0 Å². The van der Waals surface area contributed by atoms with E-state index in [0.29, 0.717) is 17.7 Å². The van der Waals surface area contributed by atoms with Gasteiger partial charge in [-0.05, 0) is 42.5 Å². The number of nitrogens with one attached hydrogen (secondary N) is 2. The van der Waals surface area contributed by atoms with Crippen molar-refractivity contribution < 1.29 is 14.4 Å². The van der Waals surface area contributed by atoms with Crippen LogP contribution in [0.5, 0.6) is 0 Å². The first-order valence-electron chi connectivity index (χ1n) is 10.9. The first-order chi connectivity index (χ1) is 14.9. The van der Waals surface area contributed by atoms with E-state index >= 15 is 0 Å². The molecule has 1 aliphatic rings. The van der Waals surface area contributed by atoms with Gasteiger partial charge in [-0.2, -0.15) is 0 Å². The van der Waals surface area contributed by atoms with Crippen LogP contribution in [0.4, 0.5) is 4.79 Å². The van der Waals surface area contributed by atoms with Gasteiger partial charge in [0.1, 0.15) is 6.54 Å². The molecule has 0 aromatic heterocycles. The zero-order valence-corrected chi connectivity index (χ0v) is 18.5. The summed E-state index contributed by atoms with van der Waals surface area (Å²) in [6.07, 6.45) is 4.18. The van der Waals surface area contributed by atoms with Crippen LogP contribution in [0.1, 0.15) is 54.9 Å². The van der Waals surface area contributed by atoms with Crippen molar-refractivity contribution in [1.29, 1.82) is 0 Å². The molecule has 0 spiro atoms. The van der Waals surface area contributed by atoms with Crippen LogP contribution in [-0.4, -0.2) is 35.8 Å².